The van der Waals surface area contributed by atoms with Crippen molar-refractivity contribution >= 4 is 5.91 Å². The van der Waals surface area contributed by atoms with Gasteiger partial charge in [0.1, 0.15) is 5.69 Å². The zero-order chi connectivity index (χ0) is 16.2. The molecule has 1 aliphatic carbocycles. The lowest BCUT2D eigenvalue weighted by molar-refractivity contribution is 0.0641. The number of likely N-dealkylation sites (tertiary alicyclic amines) is 1. The molecule has 2 aliphatic rings. The van der Waals surface area contributed by atoms with E-state index in [1.165, 1.54) is 37.7 Å². The smallest absolute Gasteiger partial charge is 0.272 e. The Hall–Kier alpha value is -1.42. The Balaban J connectivity index is 1.78. The number of carbonyl (C=O) groups is 1. The highest BCUT2D eigenvalue weighted by Crippen LogP contribution is 2.30. The van der Waals surface area contributed by atoms with Gasteiger partial charge in [-0.25, -0.2) is 0 Å². The molecule has 2 fully saturated rings. The fraction of sp³-hybridized carbons (Fsp3) is 0.684. The van der Waals surface area contributed by atoms with E-state index in [4.69, 9.17) is 0 Å². The molecule has 1 aliphatic heterocycles. The van der Waals surface area contributed by atoms with Gasteiger partial charge in [0, 0.05) is 24.8 Å². The van der Waals surface area contributed by atoms with E-state index in [9.17, 15) is 4.79 Å². The molecule has 0 aromatic carbocycles. The van der Waals surface area contributed by atoms with E-state index in [1.54, 1.807) is 0 Å². The average molecular weight is 315 g/mol. The number of aromatic nitrogens is 1. The molecule has 1 saturated heterocycles. The van der Waals surface area contributed by atoms with Crippen LogP contribution >= 0.6 is 0 Å². The summed E-state index contributed by atoms with van der Waals surface area (Å²) in [7, 11) is 2.17. The molecule has 4 nitrogen and oxygen atoms in total. The second-order valence-electron chi connectivity index (χ2n) is 7.00. The summed E-state index contributed by atoms with van der Waals surface area (Å²) < 4.78 is 0. The monoisotopic (exact) mass is 315 g/mol. The van der Waals surface area contributed by atoms with Gasteiger partial charge in [-0.2, -0.15) is 0 Å². The molecule has 23 heavy (non-hydrogen) atoms. The third-order valence-corrected chi connectivity index (χ3v) is 5.53. The lowest BCUT2D eigenvalue weighted by Crippen LogP contribution is -2.41. The molecule has 1 saturated carbocycles. The highest BCUT2D eigenvalue weighted by molar-refractivity contribution is 5.92. The van der Waals surface area contributed by atoms with Gasteiger partial charge in [-0.15, -0.1) is 0 Å². The summed E-state index contributed by atoms with van der Waals surface area (Å²) in [4.78, 5) is 21.8. The average Bonchev–Trinajstić information content (AvgIpc) is 3.02. The number of nitrogens with zero attached hydrogens (tertiary/aromatic N) is 3. The highest BCUT2D eigenvalue weighted by Gasteiger charge is 2.27. The first kappa shape index (κ1) is 16.4. The van der Waals surface area contributed by atoms with Gasteiger partial charge in [0.15, 0.2) is 0 Å². The molecule has 2 heterocycles. The summed E-state index contributed by atoms with van der Waals surface area (Å²) in [5.41, 5.74) is 1.86. The summed E-state index contributed by atoms with van der Waals surface area (Å²) in [5, 5.41) is 0. The van der Waals surface area contributed by atoms with Gasteiger partial charge in [0.2, 0.25) is 0 Å². The minimum absolute atomic E-state index is 0.113. The first-order valence-electron chi connectivity index (χ1n) is 9.18. The molecule has 126 valence electrons. The van der Waals surface area contributed by atoms with Crippen LogP contribution in [-0.4, -0.2) is 46.9 Å². The Morgan fingerprint density at radius 2 is 2.04 bits per heavy atom. The third-order valence-electron chi connectivity index (χ3n) is 5.53. The van der Waals surface area contributed by atoms with Crippen LogP contribution in [-0.2, 0) is 0 Å². The van der Waals surface area contributed by atoms with Gasteiger partial charge in [-0.1, -0.05) is 19.3 Å². The second kappa shape index (κ2) is 7.43. The van der Waals surface area contributed by atoms with E-state index < -0.39 is 0 Å². The van der Waals surface area contributed by atoms with E-state index in [2.05, 4.69) is 29.9 Å². The number of carbonyl (C=O) groups excluding carboxylic acids is 1. The topological polar surface area (TPSA) is 36.4 Å². The molecule has 1 aromatic rings. The molecule has 0 radical (unpaired) electrons. The summed E-state index contributed by atoms with van der Waals surface area (Å²) in [6.07, 6.45) is 10.3. The van der Waals surface area contributed by atoms with Gasteiger partial charge in [-0.05, 0) is 63.9 Å². The quantitative estimate of drug-likeness (QED) is 0.851. The Kier molecular flexibility index (Phi) is 5.31. The van der Waals surface area contributed by atoms with Crippen LogP contribution in [0.3, 0.4) is 0 Å². The van der Waals surface area contributed by atoms with Gasteiger partial charge < -0.3 is 4.90 Å². The van der Waals surface area contributed by atoms with Crippen LogP contribution in [0.25, 0.3) is 0 Å². The van der Waals surface area contributed by atoms with Crippen LogP contribution in [0.1, 0.15) is 74.0 Å². The largest absolute Gasteiger partial charge is 0.335 e. The zero-order valence-corrected chi connectivity index (χ0v) is 14.5. The summed E-state index contributed by atoms with van der Waals surface area (Å²) in [6, 6.07) is 4.94. The highest BCUT2D eigenvalue weighted by atomic mass is 16.2. The van der Waals surface area contributed by atoms with E-state index in [0.717, 1.165) is 25.9 Å². The number of amides is 1. The van der Waals surface area contributed by atoms with Crippen molar-refractivity contribution in [3.8, 4) is 0 Å². The van der Waals surface area contributed by atoms with Crippen LogP contribution in [0.2, 0.25) is 0 Å². The lowest BCUT2D eigenvalue weighted by Gasteiger charge is -2.33. The third kappa shape index (κ3) is 3.57. The van der Waals surface area contributed by atoms with Crippen molar-refractivity contribution in [3.05, 3.63) is 29.6 Å². The Bertz CT molecular complexity index is 539. The summed E-state index contributed by atoms with van der Waals surface area (Å²) in [6.45, 7) is 4.00. The predicted molar refractivity (Wildman–Crippen MR) is 92.4 cm³/mol. The van der Waals surface area contributed by atoms with Crippen LogP contribution in [0.15, 0.2) is 18.3 Å². The normalized spacial score (nSPS) is 23.1. The van der Waals surface area contributed by atoms with Crippen LogP contribution in [0.5, 0.6) is 0 Å². The number of hydrogen-bond donors (Lipinski definition) is 0. The minimum Gasteiger partial charge on any atom is -0.335 e. The van der Waals surface area contributed by atoms with Crippen LogP contribution in [0, 0.1) is 0 Å². The van der Waals surface area contributed by atoms with Crippen molar-refractivity contribution in [3.63, 3.8) is 0 Å². The maximum atomic E-state index is 13.0. The van der Waals surface area contributed by atoms with Gasteiger partial charge in [-0.3, -0.25) is 14.7 Å². The molecule has 1 aromatic heterocycles. The van der Waals surface area contributed by atoms with Crippen molar-refractivity contribution in [2.24, 2.45) is 0 Å². The van der Waals surface area contributed by atoms with Crippen molar-refractivity contribution in [1.82, 2.24) is 14.8 Å². The summed E-state index contributed by atoms with van der Waals surface area (Å²) in [5.74, 6) is 0.113. The molecular formula is C19H29N3O. The lowest BCUT2D eigenvalue weighted by atomic mass is 9.94. The molecule has 0 spiro atoms. The first-order valence-corrected chi connectivity index (χ1v) is 9.18. The predicted octanol–water partition coefficient (Wildman–Crippen LogP) is 3.64. The second-order valence-corrected chi connectivity index (χ2v) is 7.00. The molecule has 1 amide bonds. The molecule has 3 rings (SSSR count). The standard InChI is InChI=1S/C19H29N3O/c1-3-22(16-8-5-4-6-9-16)19(23)17-14-15(11-12-20-17)18-10-7-13-21(18)2/h11-12,14,16,18H,3-10,13H2,1-2H3. The molecule has 0 bridgehead atoms. The van der Waals surface area contributed by atoms with Crippen molar-refractivity contribution in [1.29, 1.82) is 0 Å². The number of hydrogen-bond acceptors (Lipinski definition) is 3. The minimum atomic E-state index is 0.113. The molecule has 1 unspecified atom stereocenters. The van der Waals surface area contributed by atoms with Crippen LogP contribution < -0.4 is 0 Å². The fourth-order valence-corrected chi connectivity index (χ4v) is 4.21. The molecule has 0 N–H and O–H groups in total. The maximum absolute atomic E-state index is 13.0. The molecular weight excluding hydrogens is 286 g/mol. The molecule has 4 heteroatoms. The van der Waals surface area contributed by atoms with Crippen LogP contribution in [0.4, 0.5) is 0 Å². The SMILES string of the molecule is CCN(C(=O)c1cc(C2CCCN2C)ccn1)C1CCCCC1. The van der Waals surface area contributed by atoms with E-state index in [-0.39, 0.29) is 5.91 Å². The maximum Gasteiger partial charge on any atom is 0.272 e. The Labute approximate surface area is 139 Å². The summed E-state index contributed by atoms with van der Waals surface area (Å²) >= 11 is 0. The van der Waals surface area contributed by atoms with Gasteiger partial charge >= 0.3 is 0 Å². The Morgan fingerprint density at radius 3 is 2.70 bits per heavy atom. The van der Waals surface area contributed by atoms with E-state index in [0.29, 0.717) is 17.8 Å². The Morgan fingerprint density at radius 1 is 1.26 bits per heavy atom. The first-order chi connectivity index (χ1) is 11.2. The van der Waals surface area contributed by atoms with Crippen molar-refractivity contribution in [2.75, 3.05) is 20.1 Å². The van der Waals surface area contributed by atoms with Gasteiger partial charge in [0.05, 0.1) is 0 Å². The van der Waals surface area contributed by atoms with E-state index >= 15 is 0 Å². The van der Waals surface area contributed by atoms with Crippen molar-refractivity contribution < 1.29 is 4.79 Å². The number of rotatable bonds is 4. The molecule has 1 atom stereocenters. The number of pyridine rings is 1. The van der Waals surface area contributed by atoms with E-state index in [1.807, 2.05) is 17.2 Å². The fourth-order valence-electron chi connectivity index (χ4n) is 4.21. The zero-order valence-electron chi connectivity index (χ0n) is 14.5. The van der Waals surface area contributed by atoms with Gasteiger partial charge in [0.25, 0.3) is 5.91 Å². The van der Waals surface area contributed by atoms with Crippen molar-refractivity contribution in [2.45, 2.75) is 64.0 Å².